The van der Waals surface area contributed by atoms with Crippen molar-refractivity contribution in [2.75, 3.05) is 46.5 Å². The maximum atomic E-state index is 12.8. The smallest absolute Gasteiger partial charge is 0.254 e. The van der Waals surface area contributed by atoms with Crippen LogP contribution < -0.4 is 4.74 Å². The van der Waals surface area contributed by atoms with Gasteiger partial charge in [-0.2, -0.15) is 0 Å². The Morgan fingerprint density at radius 3 is 2.29 bits per heavy atom. The predicted molar refractivity (Wildman–Crippen MR) is 138 cm³/mol. The van der Waals surface area contributed by atoms with Crippen molar-refractivity contribution < 1.29 is 14.3 Å². The van der Waals surface area contributed by atoms with Crippen LogP contribution in [0.25, 0.3) is 11.1 Å². The number of hydrogen-bond donors (Lipinski definition) is 0. The zero-order valence-electron chi connectivity index (χ0n) is 21.0. The molecule has 5 nitrogen and oxygen atoms in total. The fourth-order valence-electron chi connectivity index (χ4n) is 7.19. The molecule has 2 aliphatic carbocycles. The number of morpholine rings is 1. The van der Waals surface area contributed by atoms with Gasteiger partial charge in [0.15, 0.2) is 0 Å². The monoisotopic (exact) mass is 474 g/mol. The number of likely N-dealkylation sites (tertiary alicyclic amines) is 1. The Kier molecular flexibility index (Phi) is 6.55. The Morgan fingerprint density at radius 1 is 0.886 bits per heavy atom. The number of carbonyl (C=O) groups is 1. The van der Waals surface area contributed by atoms with Crippen LogP contribution in [-0.2, 0) is 4.74 Å². The first-order chi connectivity index (χ1) is 17.2. The molecule has 0 spiro atoms. The van der Waals surface area contributed by atoms with Gasteiger partial charge < -0.3 is 19.3 Å². The largest absolute Gasteiger partial charge is 0.496 e. The number of nitrogens with zero attached hydrogens (tertiary/aromatic N) is 2. The Bertz CT molecular complexity index is 1040. The molecule has 2 saturated heterocycles. The number of carbonyl (C=O) groups excluding carboxylic acids is 1. The SMILES string of the molecule is COc1ccc(-c2ccc(C(=O)N3CCOCC3)cc2)cc1C1CCN(C2CC3CCC2C3)CC1. The normalized spacial score (nSPS) is 27.3. The van der Waals surface area contributed by atoms with Crippen molar-refractivity contribution in [1.82, 2.24) is 9.80 Å². The van der Waals surface area contributed by atoms with Crippen LogP contribution in [-0.4, -0.2) is 68.3 Å². The van der Waals surface area contributed by atoms with E-state index in [1.54, 1.807) is 7.11 Å². The maximum absolute atomic E-state index is 12.8. The molecule has 2 aromatic rings. The first kappa shape index (κ1) is 23.1. The number of fused-ring (bicyclic) bond motifs is 2. The molecule has 186 valence electrons. The minimum Gasteiger partial charge on any atom is -0.496 e. The first-order valence-electron chi connectivity index (χ1n) is 13.6. The van der Waals surface area contributed by atoms with Crippen molar-refractivity contribution in [3.63, 3.8) is 0 Å². The predicted octanol–water partition coefficient (Wildman–Crippen LogP) is 5.20. The van der Waals surface area contributed by atoms with Crippen molar-refractivity contribution >= 4 is 5.91 Å². The number of amides is 1. The van der Waals surface area contributed by atoms with Gasteiger partial charge in [-0.25, -0.2) is 0 Å². The average Bonchev–Trinajstić information content (AvgIpc) is 3.57. The number of ether oxygens (including phenoxy) is 2. The first-order valence-corrected chi connectivity index (χ1v) is 13.6. The fourth-order valence-corrected chi connectivity index (χ4v) is 7.19. The molecule has 2 aromatic carbocycles. The van der Waals surface area contributed by atoms with Crippen molar-refractivity contribution in [1.29, 1.82) is 0 Å². The molecular weight excluding hydrogens is 436 g/mol. The highest BCUT2D eigenvalue weighted by Gasteiger charge is 2.43. The van der Waals surface area contributed by atoms with Gasteiger partial charge >= 0.3 is 0 Å². The van der Waals surface area contributed by atoms with Crippen LogP contribution in [0, 0.1) is 11.8 Å². The zero-order valence-corrected chi connectivity index (χ0v) is 21.0. The van der Waals surface area contributed by atoms with Gasteiger partial charge in [0, 0.05) is 24.7 Å². The second kappa shape index (κ2) is 9.94. The summed E-state index contributed by atoms with van der Waals surface area (Å²) in [6.45, 7) is 5.01. The van der Waals surface area contributed by atoms with Gasteiger partial charge in [-0.1, -0.05) is 24.6 Å². The topological polar surface area (TPSA) is 42.0 Å². The molecular formula is C30H38N2O3. The number of rotatable bonds is 5. The molecule has 2 bridgehead atoms. The Morgan fingerprint density at radius 2 is 1.63 bits per heavy atom. The van der Waals surface area contributed by atoms with E-state index in [2.05, 4.69) is 35.2 Å². The summed E-state index contributed by atoms with van der Waals surface area (Å²) in [4.78, 5) is 17.5. The van der Waals surface area contributed by atoms with Crippen LogP contribution in [0.2, 0.25) is 0 Å². The summed E-state index contributed by atoms with van der Waals surface area (Å²) in [6, 6.07) is 15.5. The maximum Gasteiger partial charge on any atom is 0.254 e. The van der Waals surface area contributed by atoms with Crippen LogP contribution in [0.5, 0.6) is 5.75 Å². The summed E-state index contributed by atoms with van der Waals surface area (Å²) >= 11 is 0. The lowest BCUT2D eigenvalue weighted by Gasteiger charge is -2.40. The van der Waals surface area contributed by atoms with Crippen molar-refractivity contribution in [3.8, 4) is 16.9 Å². The Balaban J connectivity index is 1.15. The van der Waals surface area contributed by atoms with Gasteiger partial charge in [-0.05, 0) is 104 Å². The van der Waals surface area contributed by atoms with Crippen molar-refractivity contribution in [3.05, 3.63) is 53.6 Å². The van der Waals surface area contributed by atoms with Gasteiger partial charge in [-0.15, -0.1) is 0 Å². The van der Waals surface area contributed by atoms with E-state index < -0.39 is 0 Å². The molecule has 2 heterocycles. The summed E-state index contributed by atoms with van der Waals surface area (Å²) in [5.41, 5.74) is 4.43. The molecule has 4 aliphatic rings. The summed E-state index contributed by atoms with van der Waals surface area (Å²) in [6.07, 6.45) is 8.28. The molecule has 3 unspecified atom stereocenters. The van der Waals surface area contributed by atoms with Gasteiger partial charge in [0.1, 0.15) is 5.75 Å². The van der Waals surface area contributed by atoms with Crippen LogP contribution >= 0.6 is 0 Å². The molecule has 0 N–H and O–H groups in total. The summed E-state index contributed by atoms with van der Waals surface area (Å²) in [7, 11) is 1.79. The van der Waals surface area contributed by atoms with E-state index in [1.807, 2.05) is 17.0 Å². The molecule has 2 aliphatic heterocycles. The molecule has 2 saturated carbocycles. The second-order valence-corrected chi connectivity index (χ2v) is 11.0. The minimum absolute atomic E-state index is 0.0949. The quantitative estimate of drug-likeness (QED) is 0.597. The number of hydrogen-bond acceptors (Lipinski definition) is 4. The lowest BCUT2D eigenvalue weighted by atomic mass is 9.85. The molecule has 35 heavy (non-hydrogen) atoms. The zero-order chi connectivity index (χ0) is 23.8. The highest BCUT2D eigenvalue weighted by molar-refractivity contribution is 5.94. The molecule has 6 rings (SSSR count). The Labute approximate surface area is 209 Å². The van der Waals surface area contributed by atoms with Crippen molar-refractivity contribution in [2.24, 2.45) is 11.8 Å². The third-order valence-corrected chi connectivity index (χ3v) is 9.13. The lowest BCUT2D eigenvalue weighted by molar-refractivity contribution is 0.0303. The van der Waals surface area contributed by atoms with Crippen LogP contribution in [0.15, 0.2) is 42.5 Å². The number of methoxy groups -OCH3 is 1. The van der Waals surface area contributed by atoms with E-state index in [-0.39, 0.29) is 5.91 Å². The fraction of sp³-hybridized carbons (Fsp3) is 0.567. The molecule has 1 amide bonds. The lowest BCUT2D eigenvalue weighted by Crippen LogP contribution is -2.43. The minimum atomic E-state index is 0.0949. The van der Waals surface area contributed by atoms with Gasteiger partial charge in [-0.3, -0.25) is 4.79 Å². The molecule has 0 aromatic heterocycles. The van der Waals surface area contributed by atoms with E-state index >= 15 is 0 Å². The summed E-state index contributed by atoms with van der Waals surface area (Å²) in [5.74, 6) is 3.62. The van der Waals surface area contributed by atoms with Gasteiger partial charge in [0.25, 0.3) is 5.91 Å². The number of piperidine rings is 1. The van der Waals surface area contributed by atoms with Gasteiger partial charge in [0.2, 0.25) is 0 Å². The number of benzene rings is 2. The molecule has 0 radical (unpaired) electrons. The summed E-state index contributed by atoms with van der Waals surface area (Å²) < 4.78 is 11.2. The molecule has 3 atom stereocenters. The average molecular weight is 475 g/mol. The van der Waals surface area contributed by atoms with Crippen LogP contribution in [0.3, 0.4) is 0 Å². The Hall–Kier alpha value is -2.37. The van der Waals surface area contributed by atoms with Crippen molar-refractivity contribution in [2.45, 2.75) is 50.5 Å². The highest BCUT2D eigenvalue weighted by Crippen LogP contribution is 2.48. The van der Waals surface area contributed by atoms with Gasteiger partial charge in [0.05, 0.1) is 20.3 Å². The highest BCUT2D eigenvalue weighted by atomic mass is 16.5. The standard InChI is InChI=1S/C30H38N2O3/c1-34-29-9-8-25(22-4-6-24(7-5-22)30(33)32-14-16-35-17-15-32)20-27(29)23-10-12-31(13-11-23)28-19-21-2-3-26(28)18-21/h4-9,20-21,23,26,28H,2-3,10-19H2,1H3. The van der Waals surface area contributed by atoms with E-state index in [1.165, 1.54) is 62.7 Å². The third-order valence-electron chi connectivity index (χ3n) is 9.13. The second-order valence-electron chi connectivity index (χ2n) is 11.0. The van der Waals surface area contributed by atoms with E-state index in [9.17, 15) is 4.79 Å². The van der Waals surface area contributed by atoms with E-state index in [0.717, 1.165) is 34.8 Å². The third kappa shape index (κ3) is 4.61. The summed E-state index contributed by atoms with van der Waals surface area (Å²) in [5, 5.41) is 0. The van der Waals surface area contributed by atoms with E-state index in [4.69, 9.17) is 9.47 Å². The van der Waals surface area contributed by atoms with E-state index in [0.29, 0.717) is 32.2 Å². The molecule has 5 heteroatoms. The van der Waals surface area contributed by atoms with Crippen LogP contribution in [0.1, 0.15) is 60.4 Å². The molecule has 4 fully saturated rings. The van der Waals surface area contributed by atoms with Crippen LogP contribution in [0.4, 0.5) is 0 Å².